The lowest BCUT2D eigenvalue weighted by atomic mass is 10.1. The van der Waals surface area contributed by atoms with E-state index in [-0.39, 0.29) is 29.3 Å². The highest BCUT2D eigenvalue weighted by molar-refractivity contribution is 5.75. The summed E-state index contributed by atoms with van der Waals surface area (Å²) in [6.45, 7) is 2.09. The van der Waals surface area contributed by atoms with E-state index in [9.17, 15) is 9.59 Å². The minimum Gasteiger partial charge on any atom is -0.460 e. The van der Waals surface area contributed by atoms with Gasteiger partial charge in [-0.05, 0) is 29.7 Å². The van der Waals surface area contributed by atoms with Crippen LogP contribution in [-0.4, -0.2) is 24.1 Å². The molecule has 0 bridgehead atoms. The molecular formula is C18H19N3O4. The molecule has 0 fully saturated rings. The largest absolute Gasteiger partial charge is 0.460 e. The Morgan fingerprint density at radius 2 is 2.04 bits per heavy atom. The van der Waals surface area contributed by atoms with Crippen molar-refractivity contribution in [3.05, 3.63) is 62.2 Å². The molecule has 0 spiro atoms. The molecular weight excluding hydrogens is 322 g/mol. The van der Waals surface area contributed by atoms with Gasteiger partial charge < -0.3 is 14.1 Å². The van der Waals surface area contributed by atoms with Gasteiger partial charge in [-0.15, -0.1) is 0 Å². The first kappa shape index (κ1) is 16.8. The third kappa shape index (κ3) is 3.55. The van der Waals surface area contributed by atoms with Gasteiger partial charge in [0.15, 0.2) is 0 Å². The SMILES string of the molecule is CCc1cc(=O)oc2nc(OCc3cccc(N(C)C)c3)[nH]c(=O)c12. The third-order valence-electron chi connectivity index (χ3n) is 3.86. The molecule has 1 aromatic carbocycles. The van der Waals surface area contributed by atoms with Gasteiger partial charge in [-0.2, -0.15) is 4.98 Å². The molecule has 1 N–H and O–H groups in total. The number of nitrogens with zero attached hydrogens (tertiary/aromatic N) is 2. The van der Waals surface area contributed by atoms with Gasteiger partial charge in [-0.25, -0.2) is 4.79 Å². The summed E-state index contributed by atoms with van der Waals surface area (Å²) in [5.41, 5.74) is 1.64. The zero-order valence-corrected chi connectivity index (χ0v) is 14.3. The number of hydrogen-bond acceptors (Lipinski definition) is 6. The molecule has 2 heterocycles. The Balaban J connectivity index is 1.91. The molecule has 0 amide bonds. The number of aromatic amines is 1. The van der Waals surface area contributed by atoms with Gasteiger partial charge in [-0.3, -0.25) is 9.78 Å². The van der Waals surface area contributed by atoms with Crippen LogP contribution in [-0.2, 0) is 13.0 Å². The molecule has 0 saturated heterocycles. The second-order valence-corrected chi connectivity index (χ2v) is 5.85. The van der Waals surface area contributed by atoms with Crippen LogP contribution in [0.2, 0.25) is 0 Å². The molecule has 7 heteroatoms. The number of anilines is 1. The molecule has 3 rings (SSSR count). The highest BCUT2D eigenvalue weighted by atomic mass is 16.5. The van der Waals surface area contributed by atoms with E-state index in [1.54, 1.807) is 0 Å². The van der Waals surface area contributed by atoms with Crippen LogP contribution >= 0.6 is 0 Å². The maximum Gasteiger partial charge on any atom is 0.337 e. The van der Waals surface area contributed by atoms with Crippen molar-refractivity contribution in [1.29, 1.82) is 0 Å². The lowest BCUT2D eigenvalue weighted by molar-refractivity contribution is 0.279. The standard InChI is InChI=1S/C18H19N3O4/c1-4-12-9-14(22)25-17-15(12)16(23)19-18(20-17)24-10-11-6-5-7-13(8-11)21(2)3/h5-9H,4,10H2,1-3H3,(H,19,20,23). The molecule has 25 heavy (non-hydrogen) atoms. The minimum absolute atomic E-state index is 0.00913. The number of aryl methyl sites for hydroxylation is 1. The highest BCUT2D eigenvalue weighted by Crippen LogP contribution is 2.16. The number of aromatic nitrogens is 2. The van der Waals surface area contributed by atoms with E-state index in [0.29, 0.717) is 12.0 Å². The first-order valence-electron chi connectivity index (χ1n) is 7.94. The Kier molecular flexibility index (Phi) is 4.56. The van der Waals surface area contributed by atoms with Crippen molar-refractivity contribution in [3.63, 3.8) is 0 Å². The maximum atomic E-state index is 12.3. The predicted octanol–water partition coefficient (Wildman–Crippen LogP) is 2.08. The number of nitrogens with one attached hydrogen (secondary N) is 1. The fourth-order valence-electron chi connectivity index (χ4n) is 2.55. The molecule has 0 unspecified atom stereocenters. The number of fused-ring (bicyclic) bond motifs is 1. The average Bonchev–Trinajstić information content (AvgIpc) is 2.59. The average molecular weight is 341 g/mol. The van der Waals surface area contributed by atoms with Crippen molar-refractivity contribution >= 4 is 16.8 Å². The smallest absolute Gasteiger partial charge is 0.337 e. The zero-order chi connectivity index (χ0) is 18.0. The van der Waals surface area contributed by atoms with E-state index < -0.39 is 5.63 Å². The molecule has 0 radical (unpaired) electrons. The fourth-order valence-corrected chi connectivity index (χ4v) is 2.55. The summed E-state index contributed by atoms with van der Waals surface area (Å²) in [7, 11) is 3.91. The third-order valence-corrected chi connectivity index (χ3v) is 3.86. The number of benzene rings is 1. The number of rotatable bonds is 5. The van der Waals surface area contributed by atoms with Gasteiger partial charge in [-0.1, -0.05) is 19.1 Å². The summed E-state index contributed by atoms with van der Waals surface area (Å²) in [5, 5.41) is 0.282. The first-order chi connectivity index (χ1) is 12.0. The number of H-pyrrole nitrogens is 1. The van der Waals surface area contributed by atoms with Crippen LogP contribution in [0.3, 0.4) is 0 Å². The quantitative estimate of drug-likeness (QED) is 0.764. The Bertz CT molecular complexity index is 1020. The van der Waals surface area contributed by atoms with E-state index in [1.165, 1.54) is 6.07 Å². The van der Waals surface area contributed by atoms with Gasteiger partial charge in [0, 0.05) is 25.8 Å². The summed E-state index contributed by atoms with van der Waals surface area (Å²) >= 11 is 0. The van der Waals surface area contributed by atoms with Crippen molar-refractivity contribution in [2.24, 2.45) is 0 Å². The molecule has 0 atom stereocenters. The lowest BCUT2D eigenvalue weighted by Gasteiger charge is -2.13. The predicted molar refractivity (Wildman–Crippen MR) is 95.4 cm³/mol. The fraction of sp³-hybridized carbons (Fsp3) is 0.278. The first-order valence-corrected chi connectivity index (χ1v) is 7.94. The van der Waals surface area contributed by atoms with Crippen LogP contribution in [0.25, 0.3) is 11.1 Å². The van der Waals surface area contributed by atoms with Crippen molar-refractivity contribution < 1.29 is 9.15 Å². The van der Waals surface area contributed by atoms with Crippen molar-refractivity contribution in [2.75, 3.05) is 19.0 Å². The van der Waals surface area contributed by atoms with Crippen LogP contribution in [0, 0.1) is 0 Å². The van der Waals surface area contributed by atoms with Crippen molar-refractivity contribution in [1.82, 2.24) is 9.97 Å². The zero-order valence-electron chi connectivity index (χ0n) is 14.3. The summed E-state index contributed by atoms with van der Waals surface area (Å²) in [6, 6.07) is 9.14. The molecule has 3 aromatic rings. The van der Waals surface area contributed by atoms with Gasteiger partial charge in [0.2, 0.25) is 5.71 Å². The summed E-state index contributed by atoms with van der Waals surface area (Å²) in [6.07, 6.45) is 0.532. The summed E-state index contributed by atoms with van der Waals surface area (Å²) in [5.74, 6) is 0. The molecule has 2 aromatic heterocycles. The van der Waals surface area contributed by atoms with Gasteiger partial charge in [0.1, 0.15) is 12.0 Å². The Morgan fingerprint density at radius 3 is 2.76 bits per heavy atom. The summed E-state index contributed by atoms with van der Waals surface area (Å²) < 4.78 is 10.6. The van der Waals surface area contributed by atoms with E-state index in [2.05, 4.69) is 9.97 Å². The van der Waals surface area contributed by atoms with Crippen LogP contribution in [0.15, 0.2) is 44.3 Å². The van der Waals surface area contributed by atoms with Crippen LogP contribution < -0.4 is 20.8 Å². The van der Waals surface area contributed by atoms with E-state index in [1.807, 2.05) is 50.2 Å². The van der Waals surface area contributed by atoms with Crippen LogP contribution in [0.5, 0.6) is 6.01 Å². The normalized spacial score (nSPS) is 10.8. The highest BCUT2D eigenvalue weighted by Gasteiger charge is 2.12. The Hall–Kier alpha value is -3.09. The molecule has 130 valence electrons. The van der Waals surface area contributed by atoms with Gasteiger partial charge >= 0.3 is 5.63 Å². The van der Waals surface area contributed by atoms with Gasteiger partial charge in [0.25, 0.3) is 11.6 Å². The molecule has 0 aliphatic rings. The number of ether oxygens (including phenoxy) is 1. The summed E-state index contributed by atoms with van der Waals surface area (Å²) in [4.78, 5) is 32.6. The van der Waals surface area contributed by atoms with E-state index in [4.69, 9.17) is 9.15 Å². The molecule has 0 aliphatic carbocycles. The molecule has 0 aliphatic heterocycles. The van der Waals surface area contributed by atoms with E-state index >= 15 is 0 Å². The second-order valence-electron chi connectivity index (χ2n) is 5.85. The maximum absolute atomic E-state index is 12.3. The monoisotopic (exact) mass is 341 g/mol. The Labute approximate surface area is 143 Å². The van der Waals surface area contributed by atoms with Gasteiger partial charge in [0.05, 0.1) is 0 Å². The Morgan fingerprint density at radius 1 is 1.24 bits per heavy atom. The van der Waals surface area contributed by atoms with Crippen LogP contribution in [0.4, 0.5) is 5.69 Å². The topological polar surface area (TPSA) is 88.4 Å². The molecule has 7 nitrogen and oxygen atoms in total. The van der Waals surface area contributed by atoms with E-state index in [0.717, 1.165) is 11.3 Å². The van der Waals surface area contributed by atoms with Crippen molar-refractivity contribution in [2.45, 2.75) is 20.0 Å². The molecule has 0 saturated carbocycles. The second kappa shape index (κ2) is 6.80. The lowest BCUT2D eigenvalue weighted by Crippen LogP contribution is -2.15. The van der Waals surface area contributed by atoms with Crippen LogP contribution in [0.1, 0.15) is 18.1 Å². The minimum atomic E-state index is -0.535. The number of hydrogen-bond donors (Lipinski definition) is 1. The van der Waals surface area contributed by atoms with Crippen molar-refractivity contribution in [3.8, 4) is 6.01 Å².